The maximum Gasteiger partial charge on any atom is 0.289 e. The number of piperidine rings is 2. The van der Waals surface area contributed by atoms with Crippen LogP contribution in [0, 0.1) is 12.8 Å². The predicted molar refractivity (Wildman–Crippen MR) is 88.4 cm³/mol. The van der Waals surface area contributed by atoms with Gasteiger partial charge in [0.2, 0.25) is 5.91 Å². The zero-order valence-corrected chi connectivity index (χ0v) is 14.2. The van der Waals surface area contributed by atoms with Crippen molar-refractivity contribution in [3.05, 3.63) is 17.7 Å². The molecule has 7 nitrogen and oxygen atoms in total. The van der Waals surface area contributed by atoms with Gasteiger partial charge < -0.3 is 19.9 Å². The number of aliphatic hydroxyl groups is 1. The number of hydrogen-bond donors (Lipinski definition) is 2. The number of H-pyrrole nitrogens is 1. The summed E-state index contributed by atoms with van der Waals surface area (Å²) in [6, 6.07) is 0.229. The number of nitrogens with zero attached hydrogens (tertiary/aromatic N) is 3. The second kappa shape index (κ2) is 7.34. The SMILES string of the molecule is Cc1cnc(C(=O)N2CCC3C(CCC(=O)N3CCCCO)C2)[nH]1. The molecule has 3 heterocycles. The Bertz CT molecular complexity index is 600. The summed E-state index contributed by atoms with van der Waals surface area (Å²) in [6.07, 6.45) is 5.45. The number of aryl methyl sites for hydroxylation is 1. The van der Waals surface area contributed by atoms with Crippen LogP contribution in [0.15, 0.2) is 6.20 Å². The number of hydrogen-bond acceptors (Lipinski definition) is 4. The van der Waals surface area contributed by atoms with Crippen LogP contribution in [0.5, 0.6) is 0 Å². The van der Waals surface area contributed by atoms with Crippen LogP contribution in [0.1, 0.15) is 48.4 Å². The van der Waals surface area contributed by atoms with Gasteiger partial charge in [-0.1, -0.05) is 0 Å². The first-order valence-corrected chi connectivity index (χ1v) is 8.81. The number of aromatic nitrogens is 2. The molecular formula is C17H26N4O3. The lowest BCUT2D eigenvalue weighted by Crippen LogP contribution is -2.57. The Labute approximate surface area is 142 Å². The minimum absolute atomic E-state index is 0.0507. The van der Waals surface area contributed by atoms with E-state index in [0.717, 1.165) is 31.4 Å². The number of unbranched alkanes of at least 4 members (excludes halogenated alkanes) is 1. The zero-order chi connectivity index (χ0) is 17.1. The van der Waals surface area contributed by atoms with E-state index < -0.39 is 0 Å². The number of carbonyl (C=O) groups is 2. The fourth-order valence-electron chi connectivity index (χ4n) is 3.89. The highest BCUT2D eigenvalue weighted by atomic mass is 16.3. The van der Waals surface area contributed by atoms with Gasteiger partial charge in [-0.15, -0.1) is 0 Å². The van der Waals surface area contributed by atoms with E-state index in [-0.39, 0.29) is 24.5 Å². The number of carbonyl (C=O) groups excluding carboxylic acids is 2. The van der Waals surface area contributed by atoms with Crippen molar-refractivity contribution in [3.8, 4) is 0 Å². The summed E-state index contributed by atoms with van der Waals surface area (Å²) in [7, 11) is 0. The Morgan fingerprint density at radius 3 is 2.96 bits per heavy atom. The van der Waals surface area contributed by atoms with Crippen LogP contribution in [0.2, 0.25) is 0 Å². The number of aliphatic hydroxyl groups excluding tert-OH is 1. The van der Waals surface area contributed by atoms with Crippen molar-refractivity contribution in [2.45, 2.75) is 45.1 Å². The van der Waals surface area contributed by atoms with Crippen molar-refractivity contribution in [1.82, 2.24) is 19.8 Å². The van der Waals surface area contributed by atoms with Gasteiger partial charge in [0.15, 0.2) is 5.82 Å². The third kappa shape index (κ3) is 3.45. The van der Waals surface area contributed by atoms with E-state index in [9.17, 15) is 9.59 Å². The number of amides is 2. The van der Waals surface area contributed by atoms with Crippen LogP contribution < -0.4 is 0 Å². The van der Waals surface area contributed by atoms with E-state index in [1.54, 1.807) is 6.20 Å². The lowest BCUT2D eigenvalue weighted by Gasteiger charge is -2.47. The third-order valence-electron chi connectivity index (χ3n) is 5.14. The molecule has 2 amide bonds. The lowest BCUT2D eigenvalue weighted by molar-refractivity contribution is -0.140. The summed E-state index contributed by atoms with van der Waals surface area (Å²) < 4.78 is 0. The van der Waals surface area contributed by atoms with Crippen LogP contribution in [0.4, 0.5) is 0 Å². The molecule has 0 spiro atoms. The van der Waals surface area contributed by atoms with E-state index >= 15 is 0 Å². The summed E-state index contributed by atoms with van der Waals surface area (Å²) >= 11 is 0. The van der Waals surface area contributed by atoms with Crippen LogP contribution in [-0.4, -0.2) is 69.0 Å². The van der Waals surface area contributed by atoms with E-state index in [1.807, 2.05) is 16.7 Å². The standard InChI is InChI=1S/C17H26N4O3/c1-12-10-18-16(19-12)17(24)20-8-6-14-13(11-20)4-5-15(23)21(14)7-2-3-9-22/h10,13-14,22H,2-9,11H2,1H3,(H,18,19). The molecule has 0 bridgehead atoms. The quantitative estimate of drug-likeness (QED) is 0.785. The molecule has 2 aliphatic rings. The number of nitrogens with one attached hydrogen (secondary N) is 1. The Balaban J connectivity index is 1.63. The average molecular weight is 334 g/mol. The van der Waals surface area contributed by atoms with Crippen LogP contribution in [-0.2, 0) is 4.79 Å². The Morgan fingerprint density at radius 2 is 2.25 bits per heavy atom. The molecule has 7 heteroatoms. The smallest absolute Gasteiger partial charge is 0.289 e. The van der Waals surface area contributed by atoms with Crippen molar-refractivity contribution in [3.63, 3.8) is 0 Å². The lowest BCUT2D eigenvalue weighted by atomic mass is 9.83. The third-order valence-corrected chi connectivity index (χ3v) is 5.14. The van der Waals surface area contributed by atoms with Crippen LogP contribution in [0.25, 0.3) is 0 Å². The number of aromatic amines is 1. The summed E-state index contributed by atoms with van der Waals surface area (Å²) in [5.41, 5.74) is 0.881. The Kier molecular flexibility index (Phi) is 5.18. The first-order chi connectivity index (χ1) is 11.6. The van der Waals surface area contributed by atoms with Crippen LogP contribution >= 0.6 is 0 Å². The minimum atomic E-state index is -0.0507. The number of imidazole rings is 1. The molecule has 2 aliphatic heterocycles. The largest absolute Gasteiger partial charge is 0.396 e. The van der Waals surface area contributed by atoms with E-state index in [1.165, 1.54) is 0 Å². The fourth-order valence-corrected chi connectivity index (χ4v) is 3.89. The van der Waals surface area contributed by atoms with E-state index in [2.05, 4.69) is 9.97 Å². The van der Waals surface area contributed by atoms with Crippen molar-refractivity contribution < 1.29 is 14.7 Å². The number of fused-ring (bicyclic) bond motifs is 1. The first-order valence-electron chi connectivity index (χ1n) is 8.81. The van der Waals surface area contributed by atoms with Gasteiger partial charge in [-0.25, -0.2) is 4.98 Å². The molecule has 1 aromatic heterocycles. The maximum atomic E-state index is 12.6. The zero-order valence-electron chi connectivity index (χ0n) is 14.2. The van der Waals surface area contributed by atoms with Gasteiger partial charge in [-0.05, 0) is 38.5 Å². The topological polar surface area (TPSA) is 89.5 Å². The molecule has 0 aromatic carbocycles. The summed E-state index contributed by atoms with van der Waals surface area (Å²) in [6.45, 7) is 4.11. The molecule has 2 saturated heterocycles. The van der Waals surface area contributed by atoms with Gasteiger partial charge in [-0.3, -0.25) is 9.59 Å². The van der Waals surface area contributed by atoms with Gasteiger partial charge in [0.1, 0.15) is 0 Å². The van der Waals surface area contributed by atoms with E-state index in [0.29, 0.717) is 37.8 Å². The second-order valence-electron chi connectivity index (χ2n) is 6.84. The van der Waals surface area contributed by atoms with Crippen molar-refractivity contribution >= 4 is 11.8 Å². The molecule has 2 fully saturated rings. The molecule has 2 atom stereocenters. The van der Waals surface area contributed by atoms with Gasteiger partial charge >= 0.3 is 0 Å². The highest BCUT2D eigenvalue weighted by Crippen LogP contribution is 2.31. The minimum Gasteiger partial charge on any atom is -0.396 e. The van der Waals surface area contributed by atoms with E-state index in [4.69, 9.17) is 5.11 Å². The van der Waals surface area contributed by atoms with Crippen molar-refractivity contribution in [2.75, 3.05) is 26.2 Å². The molecule has 2 unspecified atom stereocenters. The molecular weight excluding hydrogens is 308 g/mol. The summed E-state index contributed by atoms with van der Waals surface area (Å²) in [4.78, 5) is 35.8. The van der Waals surface area contributed by atoms with Gasteiger partial charge in [0, 0.05) is 50.6 Å². The molecule has 24 heavy (non-hydrogen) atoms. The molecule has 0 aliphatic carbocycles. The monoisotopic (exact) mass is 334 g/mol. The normalized spacial score (nSPS) is 24.2. The summed E-state index contributed by atoms with van der Waals surface area (Å²) in [5.74, 6) is 0.907. The first kappa shape index (κ1) is 17.0. The highest BCUT2D eigenvalue weighted by molar-refractivity contribution is 5.90. The van der Waals surface area contributed by atoms with Gasteiger partial charge in [-0.2, -0.15) is 0 Å². The fraction of sp³-hybridized carbons (Fsp3) is 0.706. The predicted octanol–water partition coefficient (Wildman–Crippen LogP) is 0.944. The average Bonchev–Trinajstić information content (AvgIpc) is 3.02. The number of likely N-dealkylation sites (tertiary alicyclic amines) is 2. The molecule has 0 saturated carbocycles. The van der Waals surface area contributed by atoms with Crippen molar-refractivity contribution in [1.29, 1.82) is 0 Å². The molecule has 132 valence electrons. The Hall–Kier alpha value is -1.89. The maximum absolute atomic E-state index is 12.6. The van der Waals surface area contributed by atoms with Gasteiger partial charge in [0.25, 0.3) is 5.91 Å². The van der Waals surface area contributed by atoms with Crippen LogP contribution in [0.3, 0.4) is 0 Å². The summed E-state index contributed by atoms with van der Waals surface area (Å²) in [5, 5.41) is 8.94. The molecule has 2 N–H and O–H groups in total. The van der Waals surface area contributed by atoms with Gasteiger partial charge in [0.05, 0.1) is 0 Å². The molecule has 1 aromatic rings. The Morgan fingerprint density at radius 1 is 1.42 bits per heavy atom. The molecule has 0 radical (unpaired) electrons. The highest BCUT2D eigenvalue weighted by Gasteiger charge is 2.40. The molecule has 3 rings (SSSR count). The second-order valence-corrected chi connectivity index (χ2v) is 6.84. The number of rotatable bonds is 5. The van der Waals surface area contributed by atoms with Crippen molar-refractivity contribution in [2.24, 2.45) is 5.92 Å².